The first kappa shape index (κ1) is 21.5. The van der Waals surface area contributed by atoms with E-state index in [2.05, 4.69) is 33.3 Å². The van der Waals surface area contributed by atoms with Crippen molar-refractivity contribution in [1.82, 2.24) is 19.7 Å². The summed E-state index contributed by atoms with van der Waals surface area (Å²) >= 11 is 1.41. The van der Waals surface area contributed by atoms with Gasteiger partial charge in [0.1, 0.15) is 5.75 Å². The standard InChI is InChI=1S/C22H27N5O3S/c1-25(14-16-4-5-18-13-19(29-3)7-6-17(18)12-16)20(28)15-31-22-24-23-21(26(22)2)27-8-10-30-11-9-27/h4-7,12-13H,8-11,14-15H2,1-3H3. The molecule has 0 unspecified atom stereocenters. The summed E-state index contributed by atoms with van der Waals surface area (Å²) in [5.41, 5.74) is 1.09. The number of carbonyl (C=O) groups excluding carboxylic acids is 1. The second-order valence-corrected chi connectivity index (χ2v) is 8.47. The highest BCUT2D eigenvalue weighted by atomic mass is 32.2. The van der Waals surface area contributed by atoms with E-state index < -0.39 is 0 Å². The summed E-state index contributed by atoms with van der Waals surface area (Å²) in [7, 11) is 5.43. The van der Waals surface area contributed by atoms with Gasteiger partial charge in [-0.2, -0.15) is 0 Å². The Hall–Kier alpha value is -2.78. The molecule has 1 aromatic heterocycles. The molecular formula is C22H27N5O3S. The molecule has 164 valence electrons. The fraction of sp³-hybridized carbons (Fsp3) is 0.409. The van der Waals surface area contributed by atoms with Gasteiger partial charge in [0.15, 0.2) is 5.16 Å². The largest absolute Gasteiger partial charge is 0.497 e. The van der Waals surface area contributed by atoms with Crippen LogP contribution in [-0.2, 0) is 23.1 Å². The number of anilines is 1. The summed E-state index contributed by atoms with van der Waals surface area (Å²) < 4.78 is 12.6. The molecular weight excluding hydrogens is 414 g/mol. The van der Waals surface area contributed by atoms with E-state index in [-0.39, 0.29) is 5.91 Å². The van der Waals surface area contributed by atoms with Crippen LogP contribution in [0.4, 0.5) is 5.95 Å². The Balaban J connectivity index is 1.35. The van der Waals surface area contributed by atoms with Crippen molar-refractivity contribution in [2.75, 3.05) is 51.1 Å². The summed E-state index contributed by atoms with van der Waals surface area (Å²) in [6, 6.07) is 12.2. The van der Waals surface area contributed by atoms with E-state index in [1.54, 1.807) is 12.0 Å². The number of benzene rings is 2. The summed E-state index contributed by atoms with van der Waals surface area (Å²) in [6.07, 6.45) is 0. The normalized spacial score (nSPS) is 14.1. The summed E-state index contributed by atoms with van der Waals surface area (Å²) in [6.45, 7) is 3.55. The van der Waals surface area contributed by atoms with Gasteiger partial charge in [0.25, 0.3) is 0 Å². The van der Waals surface area contributed by atoms with E-state index in [0.717, 1.165) is 46.3 Å². The third-order valence-corrected chi connectivity index (χ3v) is 6.39. The number of thioether (sulfide) groups is 1. The number of rotatable bonds is 7. The molecule has 0 N–H and O–H groups in total. The van der Waals surface area contributed by atoms with Gasteiger partial charge in [0, 0.05) is 33.7 Å². The van der Waals surface area contributed by atoms with Crippen LogP contribution in [0.25, 0.3) is 10.8 Å². The molecule has 1 saturated heterocycles. The predicted octanol–water partition coefficient (Wildman–Crippen LogP) is 2.56. The first-order chi connectivity index (χ1) is 15.0. The molecule has 0 aliphatic carbocycles. The molecule has 1 aliphatic rings. The van der Waals surface area contributed by atoms with Gasteiger partial charge >= 0.3 is 0 Å². The maximum atomic E-state index is 12.7. The number of carbonyl (C=O) groups is 1. The smallest absolute Gasteiger partial charge is 0.233 e. The van der Waals surface area contributed by atoms with Crippen molar-refractivity contribution in [3.63, 3.8) is 0 Å². The van der Waals surface area contributed by atoms with E-state index in [1.165, 1.54) is 11.8 Å². The Labute approximate surface area is 186 Å². The van der Waals surface area contributed by atoms with Gasteiger partial charge in [-0.1, -0.05) is 30.0 Å². The number of hydrogen-bond acceptors (Lipinski definition) is 7. The van der Waals surface area contributed by atoms with E-state index in [4.69, 9.17) is 9.47 Å². The predicted molar refractivity (Wildman–Crippen MR) is 122 cm³/mol. The lowest BCUT2D eigenvalue weighted by Crippen LogP contribution is -2.37. The fourth-order valence-electron chi connectivity index (χ4n) is 3.57. The maximum Gasteiger partial charge on any atom is 0.233 e. The van der Waals surface area contributed by atoms with Gasteiger partial charge < -0.3 is 19.3 Å². The van der Waals surface area contributed by atoms with Gasteiger partial charge in [-0.25, -0.2) is 0 Å². The molecule has 3 aromatic rings. The van der Waals surface area contributed by atoms with Gasteiger partial charge in [-0.3, -0.25) is 9.36 Å². The highest BCUT2D eigenvalue weighted by Gasteiger charge is 2.19. The maximum absolute atomic E-state index is 12.7. The van der Waals surface area contributed by atoms with Crippen molar-refractivity contribution in [3.8, 4) is 5.75 Å². The first-order valence-electron chi connectivity index (χ1n) is 10.2. The minimum absolute atomic E-state index is 0.0516. The second kappa shape index (κ2) is 9.57. The van der Waals surface area contributed by atoms with E-state index in [0.29, 0.717) is 25.5 Å². The van der Waals surface area contributed by atoms with Crippen molar-refractivity contribution in [1.29, 1.82) is 0 Å². The van der Waals surface area contributed by atoms with Crippen LogP contribution in [0.2, 0.25) is 0 Å². The molecule has 2 aromatic carbocycles. The summed E-state index contributed by atoms with van der Waals surface area (Å²) in [4.78, 5) is 16.6. The van der Waals surface area contributed by atoms with Crippen molar-refractivity contribution < 1.29 is 14.3 Å². The highest BCUT2D eigenvalue weighted by Crippen LogP contribution is 2.24. The minimum Gasteiger partial charge on any atom is -0.497 e. The minimum atomic E-state index is 0.0516. The summed E-state index contributed by atoms with van der Waals surface area (Å²) in [5, 5.41) is 11.6. The van der Waals surface area contributed by atoms with Gasteiger partial charge in [-0.15, -0.1) is 10.2 Å². The number of methoxy groups -OCH3 is 1. The Morgan fingerprint density at radius 1 is 1.16 bits per heavy atom. The third-order valence-electron chi connectivity index (χ3n) is 5.39. The lowest BCUT2D eigenvalue weighted by Gasteiger charge is -2.27. The number of amides is 1. The average Bonchev–Trinajstić information content (AvgIpc) is 3.17. The lowest BCUT2D eigenvalue weighted by atomic mass is 10.1. The number of fused-ring (bicyclic) bond motifs is 1. The van der Waals surface area contributed by atoms with Gasteiger partial charge in [0.2, 0.25) is 11.9 Å². The molecule has 31 heavy (non-hydrogen) atoms. The van der Waals surface area contributed by atoms with Crippen LogP contribution in [-0.4, -0.2) is 71.8 Å². The number of morpholine rings is 1. The molecule has 8 nitrogen and oxygen atoms in total. The molecule has 0 radical (unpaired) electrons. The molecule has 1 fully saturated rings. The molecule has 9 heteroatoms. The Kier molecular flexibility index (Phi) is 6.62. The Morgan fingerprint density at radius 3 is 2.68 bits per heavy atom. The number of nitrogens with zero attached hydrogens (tertiary/aromatic N) is 5. The molecule has 1 aliphatic heterocycles. The highest BCUT2D eigenvalue weighted by molar-refractivity contribution is 7.99. The zero-order chi connectivity index (χ0) is 21.8. The molecule has 0 saturated carbocycles. The molecule has 0 atom stereocenters. The quantitative estimate of drug-likeness (QED) is 0.522. The number of hydrogen-bond donors (Lipinski definition) is 0. The van der Waals surface area contributed by atoms with Crippen LogP contribution in [0, 0.1) is 0 Å². The first-order valence-corrected chi connectivity index (χ1v) is 11.2. The molecule has 1 amide bonds. The van der Waals surface area contributed by atoms with E-state index >= 15 is 0 Å². The lowest BCUT2D eigenvalue weighted by molar-refractivity contribution is -0.127. The second-order valence-electron chi connectivity index (χ2n) is 7.53. The fourth-order valence-corrected chi connectivity index (χ4v) is 4.42. The van der Waals surface area contributed by atoms with Gasteiger partial charge in [0.05, 0.1) is 26.1 Å². The average molecular weight is 442 g/mol. The Morgan fingerprint density at radius 2 is 1.90 bits per heavy atom. The van der Waals surface area contributed by atoms with Crippen LogP contribution in [0.3, 0.4) is 0 Å². The number of ether oxygens (including phenoxy) is 2. The molecule has 2 heterocycles. The third kappa shape index (κ3) is 4.94. The SMILES string of the molecule is COc1ccc2cc(CN(C)C(=O)CSc3nnc(N4CCOCC4)n3C)ccc2c1. The molecule has 0 spiro atoms. The van der Waals surface area contributed by atoms with Gasteiger partial charge in [-0.05, 0) is 34.5 Å². The summed E-state index contributed by atoms with van der Waals surface area (Å²) in [5.74, 6) is 2.02. The van der Waals surface area contributed by atoms with E-state index in [9.17, 15) is 4.79 Å². The zero-order valence-electron chi connectivity index (χ0n) is 18.1. The van der Waals surface area contributed by atoms with Crippen molar-refractivity contribution in [2.45, 2.75) is 11.7 Å². The van der Waals surface area contributed by atoms with Crippen LogP contribution < -0.4 is 9.64 Å². The molecule has 4 rings (SSSR count). The van der Waals surface area contributed by atoms with Crippen molar-refractivity contribution in [2.24, 2.45) is 7.05 Å². The molecule has 0 bridgehead atoms. The van der Waals surface area contributed by atoms with Crippen LogP contribution in [0.1, 0.15) is 5.56 Å². The van der Waals surface area contributed by atoms with Crippen LogP contribution in [0.5, 0.6) is 5.75 Å². The Bertz CT molecular complexity index is 1060. The monoisotopic (exact) mass is 441 g/mol. The number of aromatic nitrogens is 3. The van der Waals surface area contributed by atoms with Crippen molar-refractivity contribution >= 4 is 34.4 Å². The topological polar surface area (TPSA) is 72.7 Å². The van der Waals surface area contributed by atoms with Crippen LogP contribution in [0.15, 0.2) is 41.6 Å². The zero-order valence-corrected chi connectivity index (χ0v) is 18.9. The van der Waals surface area contributed by atoms with Crippen LogP contribution >= 0.6 is 11.8 Å². The van der Waals surface area contributed by atoms with E-state index in [1.807, 2.05) is 36.9 Å². The van der Waals surface area contributed by atoms with Crippen molar-refractivity contribution in [3.05, 3.63) is 42.0 Å².